The van der Waals surface area contributed by atoms with Gasteiger partial charge in [0.05, 0.1) is 11.9 Å². The molecule has 3 heterocycles. The molecule has 0 saturated carbocycles. The third-order valence-corrected chi connectivity index (χ3v) is 7.04. The van der Waals surface area contributed by atoms with E-state index in [0.717, 1.165) is 48.4 Å². The molecule has 2 aromatic carbocycles. The first-order valence-corrected chi connectivity index (χ1v) is 12.9. The number of imidazole rings is 1. The summed E-state index contributed by atoms with van der Waals surface area (Å²) in [6.07, 6.45) is 6.87. The van der Waals surface area contributed by atoms with Crippen molar-refractivity contribution in [3.05, 3.63) is 72.2 Å². The molecule has 4 aromatic rings. The maximum Gasteiger partial charge on any atom is 0.387 e. The van der Waals surface area contributed by atoms with Gasteiger partial charge in [0.15, 0.2) is 17.4 Å². The molecule has 0 unspecified atom stereocenters. The zero-order chi connectivity index (χ0) is 28.2. The Bertz CT molecular complexity index is 1510. The number of amides is 1. The first-order valence-electron chi connectivity index (χ1n) is 12.9. The van der Waals surface area contributed by atoms with Crippen molar-refractivity contribution in [2.24, 2.45) is 11.7 Å². The molecule has 1 aliphatic rings. The van der Waals surface area contributed by atoms with Crippen LogP contribution in [-0.2, 0) is 0 Å². The summed E-state index contributed by atoms with van der Waals surface area (Å²) >= 11 is 0. The van der Waals surface area contributed by atoms with Crippen LogP contribution in [-0.4, -0.2) is 57.4 Å². The number of anilines is 2. The third-order valence-electron chi connectivity index (χ3n) is 7.04. The number of nitrogens with one attached hydrogen (secondary N) is 3. The number of benzene rings is 2. The van der Waals surface area contributed by atoms with E-state index in [1.165, 1.54) is 12.1 Å². The Morgan fingerprint density at radius 1 is 1.18 bits per heavy atom. The zero-order valence-corrected chi connectivity index (χ0v) is 21.9. The van der Waals surface area contributed by atoms with Crippen LogP contribution in [0.4, 0.5) is 20.3 Å². The van der Waals surface area contributed by atoms with Crippen molar-refractivity contribution in [2.45, 2.75) is 26.4 Å². The molecule has 12 heteroatoms. The molecule has 0 bridgehead atoms. The monoisotopic (exact) mass is 548 g/mol. The van der Waals surface area contributed by atoms with Gasteiger partial charge < -0.3 is 26.0 Å². The number of fused-ring (bicyclic) bond motifs is 1. The van der Waals surface area contributed by atoms with E-state index in [2.05, 4.69) is 25.3 Å². The molecule has 5 rings (SSSR count). The highest BCUT2D eigenvalue weighted by atomic mass is 19.3. The molecule has 1 aliphatic heterocycles. The van der Waals surface area contributed by atoms with Gasteiger partial charge in [0, 0.05) is 48.8 Å². The summed E-state index contributed by atoms with van der Waals surface area (Å²) in [4.78, 5) is 23.7. The van der Waals surface area contributed by atoms with Crippen LogP contribution in [0.5, 0.6) is 5.75 Å². The molecule has 0 radical (unpaired) electrons. The minimum atomic E-state index is -2.88. The largest absolute Gasteiger partial charge is 0.435 e. The van der Waals surface area contributed by atoms with Gasteiger partial charge in [-0.1, -0.05) is 0 Å². The molecule has 5 N–H and O–H groups in total. The van der Waals surface area contributed by atoms with Crippen molar-refractivity contribution in [3.8, 4) is 17.0 Å². The van der Waals surface area contributed by atoms with E-state index >= 15 is 0 Å². The Morgan fingerprint density at radius 2 is 1.93 bits per heavy atom. The predicted molar refractivity (Wildman–Crippen MR) is 148 cm³/mol. The molecule has 208 valence electrons. The standard InChI is InChI=1S/C28H30F2N8O2/c1-17-14-20(4-7-22(17)26(39)35-15-18-8-11-37(12-9-18)28(31)32)36-24-25-34-16-23(38(25)13-10-33-24)19-2-5-21(6-3-19)40-27(29)30/h2-7,10,13-14,16,18,27H,8-9,11-12,15H2,1H3,(H3,31,32)(H,33,36)(H,35,39). The molecule has 2 aromatic heterocycles. The van der Waals surface area contributed by atoms with Crippen LogP contribution >= 0.6 is 0 Å². The van der Waals surface area contributed by atoms with E-state index in [1.54, 1.807) is 36.8 Å². The van der Waals surface area contributed by atoms with E-state index in [-0.39, 0.29) is 17.6 Å². The number of alkyl halides is 2. The van der Waals surface area contributed by atoms with Crippen molar-refractivity contribution in [3.63, 3.8) is 0 Å². The summed E-state index contributed by atoms with van der Waals surface area (Å²) in [6, 6.07) is 11.8. The van der Waals surface area contributed by atoms with Crippen LogP contribution in [0.3, 0.4) is 0 Å². The quantitative estimate of drug-likeness (QED) is 0.190. The van der Waals surface area contributed by atoms with Crippen molar-refractivity contribution in [1.82, 2.24) is 24.6 Å². The number of nitrogens with zero attached hydrogens (tertiary/aromatic N) is 4. The van der Waals surface area contributed by atoms with Crippen molar-refractivity contribution in [2.75, 3.05) is 25.0 Å². The number of carbonyl (C=O) groups is 1. The summed E-state index contributed by atoms with van der Waals surface area (Å²) in [5.41, 5.74) is 9.85. The molecule has 40 heavy (non-hydrogen) atoms. The third kappa shape index (κ3) is 5.95. The highest BCUT2D eigenvalue weighted by molar-refractivity contribution is 5.96. The SMILES string of the molecule is Cc1cc(Nc2nccn3c(-c4ccc(OC(F)F)cc4)cnc23)ccc1C(=O)NCC1CCN(C(=N)N)CC1. The lowest BCUT2D eigenvalue weighted by Gasteiger charge is -2.32. The molecule has 0 aliphatic carbocycles. The van der Waals surface area contributed by atoms with Gasteiger partial charge in [0.25, 0.3) is 5.91 Å². The highest BCUT2D eigenvalue weighted by Crippen LogP contribution is 2.28. The topological polar surface area (TPSA) is 134 Å². The molecule has 1 fully saturated rings. The van der Waals surface area contributed by atoms with Crippen LogP contribution in [0.1, 0.15) is 28.8 Å². The van der Waals surface area contributed by atoms with Crippen LogP contribution in [0.15, 0.2) is 61.1 Å². The maximum atomic E-state index is 12.9. The number of rotatable bonds is 8. The van der Waals surface area contributed by atoms with Crippen molar-refractivity contribution in [1.29, 1.82) is 5.41 Å². The Morgan fingerprint density at radius 3 is 2.60 bits per heavy atom. The van der Waals surface area contributed by atoms with Gasteiger partial charge in [-0.3, -0.25) is 14.6 Å². The average Bonchev–Trinajstić information content (AvgIpc) is 3.37. The van der Waals surface area contributed by atoms with Crippen LogP contribution in [0.25, 0.3) is 16.9 Å². The second-order valence-corrected chi connectivity index (χ2v) is 9.70. The first-order chi connectivity index (χ1) is 19.3. The predicted octanol–water partition coefficient (Wildman–Crippen LogP) is 4.38. The van der Waals surface area contributed by atoms with Crippen LogP contribution < -0.4 is 21.1 Å². The molecular formula is C28H30F2N8O2. The minimum Gasteiger partial charge on any atom is -0.435 e. The van der Waals surface area contributed by atoms with Gasteiger partial charge in [-0.2, -0.15) is 8.78 Å². The smallest absolute Gasteiger partial charge is 0.387 e. The number of piperidine rings is 1. The number of aromatic nitrogens is 3. The fourth-order valence-electron chi connectivity index (χ4n) is 4.87. The Labute approximate surface area is 229 Å². The van der Waals surface area contributed by atoms with Crippen LogP contribution in [0.2, 0.25) is 0 Å². The van der Waals surface area contributed by atoms with E-state index < -0.39 is 6.61 Å². The first kappa shape index (κ1) is 26.9. The summed E-state index contributed by atoms with van der Waals surface area (Å²) < 4.78 is 31.2. The van der Waals surface area contributed by atoms with E-state index in [0.29, 0.717) is 29.5 Å². The van der Waals surface area contributed by atoms with Gasteiger partial charge >= 0.3 is 6.61 Å². The number of hydrogen-bond donors (Lipinski definition) is 4. The zero-order valence-electron chi connectivity index (χ0n) is 21.9. The lowest BCUT2D eigenvalue weighted by molar-refractivity contribution is -0.0498. The van der Waals surface area contributed by atoms with E-state index in [1.807, 2.05) is 28.4 Å². The van der Waals surface area contributed by atoms with Gasteiger partial charge in [-0.05, 0) is 73.7 Å². The molecule has 1 saturated heterocycles. The molecular weight excluding hydrogens is 518 g/mol. The summed E-state index contributed by atoms with van der Waals surface area (Å²) in [5.74, 6) is 0.942. The Kier molecular flexibility index (Phi) is 7.76. The Hall–Kier alpha value is -4.74. The van der Waals surface area contributed by atoms with E-state index in [4.69, 9.17) is 11.1 Å². The number of hydrogen-bond acceptors (Lipinski definition) is 6. The molecule has 0 spiro atoms. The summed E-state index contributed by atoms with van der Waals surface area (Å²) in [7, 11) is 0. The van der Waals surface area contributed by atoms with E-state index in [9.17, 15) is 13.6 Å². The number of ether oxygens (including phenoxy) is 1. The fourth-order valence-corrected chi connectivity index (χ4v) is 4.87. The average molecular weight is 549 g/mol. The van der Waals surface area contributed by atoms with Crippen molar-refractivity contribution >= 4 is 29.0 Å². The lowest BCUT2D eigenvalue weighted by Crippen LogP contribution is -2.44. The number of carbonyl (C=O) groups excluding carboxylic acids is 1. The summed E-state index contributed by atoms with van der Waals surface area (Å²) in [5, 5.41) is 13.9. The number of aryl methyl sites for hydroxylation is 1. The second kappa shape index (κ2) is 11.6. The van der Waals surface area contributed by atoms with Crippen molar-refractivity contribution < 1.29 is 18.3 Å². The van der Waals surface area contributed by atoms with Gasteiger partial charge in [0.2, 0.25) is 0 Å². The Balaban J connectivity index is 1.25. The molecule has 1 amide bonds. The molecule has 0 atom stereocenters. The number of halogens is 2. The minimum absolute atomic E-state index is 0.0825. The second-order valence-electron chi connectivity index (χ2n) is 9.70. The van der Waals surface area contributed by atoms with Gasteiger partial charge in [-0.15, -0.1) is 0 Å². The number of guanidine groups is 1. The number of likely N-dealkylation sites (tertiary alicyclic amines) is 1. The van der Waals surface area contributed by atoms with Gasteiger partial charge in [0.1, 0.15) is 5.75 Å². The fraction of sp³-hybridized carbons (Fsp3) is 0.286. The number of nitrogens with two attached hydrogens (primary N) is 1. The van der Waals surface area contributed by atoms with Gasteiger partial charge in [-0.25, -0.2) is 9.97 Å². The normalized spacial score (nSPS) is 13.9. The summed E-state index contributed by atoms with van der Waals surface area (Å²) in [6.45, 7) is 1.05. The van der Waals surface area contributed by atoms with Crippen LogP contribution in [0, 0.1) is 18.3 Å². The lowest BCUT2D eigenvalue weighted by atomic mass is 9.96. The highest BCUT2D eigenvalue weighted by Gasteiger charge is 2.21. The molecule has 10 nitrogen and oxygen atoms in total. The maximum absolute atomic E-state index is 12.9.